The summed E-state index contributed by atoms with van der Waals surface area (Å²) in [5, 5.41) is 3.22. The fraction of sp³-hybridized carbons (Fsp3) is 0.250. The van der Waals surface area contributed by atoms with Gasteiger partial charge in [0.2, 0.25) is 15.9 Å². The van der Waals surface area contributed by atoms with Gasteiger partial charge in [0.1, 0.15) is 12.4 Å². The van der Waals surface area contributed by atoms with E-state index in [2.05, 4.69) is 11.9 Å². The maximum absolute atomic E-state index is 13.1. The largest absolute Gasteiger partial charge is 0.490 e. The highest BCUT2D eigenvalue weighted by atomic mass is 35.5. The van der Waals surface area contributed by atoms with E-state index in [4.69, 9.17) is 16.3 Å². The van der Waals surface area contributed by atoms with Crippen molar-refractivity contribution in [1.29, 1.82) is 0 Å². The summed E-state index contributed by atoms with van der Waals surface area (Å²) in [5.74, 6) is 0.0650. The van der Waals surface area contributed by atoms with Crippen LogP contribution in [0.5, 0.6) is 5.75 Å². The molecule has 1 N–H and O–H groups in total. The van der Waals surface area contributed by atoms with Crippen LogP contribution in [-0.2, 0) is 14.8 Å². The van der Waals surface area contributed by atoms with Crippen LogP contribution in [0.1, 0.15) is 13.3 Å². The van der Waals surface area contributed by atoms with Crippen LogP contribution in [0.4, 0.5) is 11.4 Å². The number of anilines is 2. The van der Waals surface area contributed by atoms with E-state index in [1.54, 1.807) is 54.6 Å². The quantitative estimate of drug-likeness (QED) is 0.720. The molecule has 1 aliphatic rings. The molecule has 28 heavy (non-hydrogen) atoms. The van der Waals surface area contributed by atoms with Crippen molar-refractivity contribution in [3.63, 3.8) is 0 Å². The number of rotatable bonds is 6. The second kappa shape index (κ2) is 7.85. The lowest BCUT2D eigenvalue weighted by Crippen LogP contribution is -2.47. The number of nitrogens with zero attached hydrogens (tertiary/aromatic N) is 1. The van der Waals surface area contributed by atoms with Gasteiger partial charge >= 0.3 is 0 Å². The fourth-order valence-electron chi connectivity index (χ4n) is 2.97. The molecular formula is C20H21ClN2O4S. The average Bonchev–Trinajstić information content (AvgIpc) is 2.92. The SMILES string of the molecule is C=CCOc1ccc(NC(=O)C2(C)CCN(c3ccc(Cl)cc3)S2(=O)=O)cc1. The van der Waals surface area contributed by atoms with Gasteiger partial charge in [-0.1, -0.05) is 24.3 Å². The Balaban J connectivity index is 1.77. The summed E-state index contributed by atoms with van der Waals surface area (Å²) >= 11 is 5.88. The lowest BCUT2D eigenvalue weighted by Gasteiger charge is -2.25. The second-order valence-electron chi connectivity index (χ2n) is 6.61. The van der Waals surface area contributed by atoms with Crippen LogP contribution in [0.2, 0.25) is 5.02 Å². The molecule has 1 heterocycles. The number of ether oxygens (including phenoxy) is 1. The Morgan fingerprint density at radius 1 is 1.25 bits per heavy atom. The minimum absolute atomic E-state index is 0.185. The monoisotopic (exact) mass is 420 g/mol. The Morgan fingerprint density at radius 2 is 1.89 bits per heavy atom. The number of hydrogen-bond donors (Lipinski definition) is 1. The van der Waals surface area contributed by atoms with E-state index in [1.807, 2.05) is 0 Å². The van der Waals surface area contributed by atoms with Gasteiger partial charge in [0, 0.05) is 17.3 Å². The summed E-state index contributed by atoms with van der Waals surface area (Å²) in [4.78, 5) is 12.9. The van der Waals surface area contributed by atoms with Gasteiger partial charge in [-0.3, -0.25) is 9.10 Å². The van der Waals surface area contributed by atoms with E-state index in [-0.39, 0.29) is 13.0 Å². The molecule has 0 aromatic heterocycles. The number of hydrogen-bond acceptors (Lipinski definition) is 4. The molecule has 1 saturated heterocycles. The average molecular weight is 421 g/mol. The first-order valence-electron chi connectivity index (χ1n) is 8.71. The molecule has 2 aromatic rings. The van der Waals surface area contributed by atoms with Crippen LogP contribution >= 0.6 is 11.6 Å². The van der Waals surface area contributed by atoms with E-state index in [1.165, 1.54) is 11.2 Å². The summed E-state index contributed by atoms with van der Waals surface area (Å²) in [7, 11) is -3.89. The van der Waals surface area contributed by atoms with E-state index in [0.717, 1.165) is 0 Å². The van der Waals surface area contributed by atoms with Crippen molar-refractivity contribution in [2.24, 2.45) is 0 Å². The third-order valence-corrected chi connectivity index (χ3v) is 7.48. The molecule has 1 atom stereocenters. The minimum atomic E-state index is -3.89. The first-order chi connectivity index (χ1) is 13.3. The zero-order chi connectivity index (χ0) is 20.4. The van der Waals surface area contributed by atoms with Gasteiger partial charge in [-0.2, -0.15) is 0 Å². The topological polar surface area (TPSA) is 75.7 Å². The van der Waals surface area contributed by atoms with Crippen LogP contribution in [0.3, 0.4) is 0 Å². The van der Waals surface area contributed by atoms with Crippen molar-refractivity contribution in [3.05, 3.63) is 66.2 Å². The standard InChI is InChI=1S/C20H21ClN2O4S/c1-3-14-27-18-10-6-16(7-11-18)22-19(24)20(2)12-13-23(28(20,25)26)17-8-4-15(21)5-9-17/h3-11H,1,12-14H2,2H3,(H,22,24). The van der Waals surface area contributed by atoms with Crippen LogP contribution in [0.25, 0.3) is 0 Å². The van der Waals surface area contributed by atoms with Crippen molar-refractivity contribution >= 4 is 38.9 Å². The Kier molecular flexibility index (Phi) is 5.67. The maximum atomic E-state index is 13.1. The highest BCUT2D eigenvalue weighted by Crippen LogP contribution is 2.37. The number of benzene rings is 2. The number of nitrogens with one attached hydrogen (secondary N) is 1. The van der Waals surface area contributed by atoms with Crippen molar-refractivity contribution in [2.45, 2.75) is 18.1 Å². The van der Waals surface area contributed by atoms with Gasteiger partial charge in [-0.15, -0.1) is 0 Å². The van der Waals surface area contributed by atoms with Gasteiger partial charge in [0.05, 0.1) is 5.69 Å². The fourth-order valence-corrected chi connectivity index (χ4v) is 4.94. The predicted molar refractivity (Wildman–Crippen MR) is 112 cm³/mol. The number of amides is 1. The number of carbonyl (C=O) groups excluding carboxylic acids is 1. The molecule has 0 aliphatic carbocycles. The molecule has 148 valence electrons. The summed E-state index contributed by atoms with van der Waals surface area (Å²) in [5.41, 5.74) is 0.988. The highest BCUT2D eigenvalue weighted by Gasteiger charge is 2.54. The summed E-state index contributed by atoms with van der Waals surface area (Å²) in [6.45, 7) is 5.64. The first-order valence-corrected chi connectivity index (χ1v) is 10.5. The molecule has 6 nitrogen and oxygen atoms in total. The zero-order valence-electron chi connectivity index (χ0n) is 15.4. The van der Waals surface area contributed by atoms with E-state index in [0.29, 0.717) is 28.8 Å². The Labute approximate surface area is 169 Å². The van der Waals surface area contributed by atoms with Crippen LogP contribution in [0.15, 0.2) is 61.2 Å². The van der Waals surface area contributed by atoms with E-state index >= 15 is 0 Å². The summed E-state index contributed by atoms with van der Waals surface area (Å²) < 4.78 is 31.3. The first kappa shape index (κ1) is 20.2. The molecule has 1 aliphatic heterocycles. The minimum Gasteiger partial charge on any atom is -0.490 e. The zero-order valence-corrected chi connectivity index (χ0v) is 17.0. The van der Waals surface area contributed by atoms with Gasteiger partial charge in [0.25, 0.3) is 0 Å². The molecule has 1 unspecified atom stereocenters. The van der Waals surface area contributed by atoms with Gasteiger partial charge in [-0.25, -0.2) is 8.42 Å². The van der Waals surface area contributed by atoms with Crippen molar-refractivity contribution in [3.8, 4) is 5.75 Å². The van der Waals surface area contributed by atoms with Crippen molar-refractivity contribution in [1.82, 2.24) is 0 Å². The molecule has 0 spiro atoms. The van der Waals surface area contributed by atoms with Crippen molar-refractivity contribution < 1.29 is 17.9 Å². The van der Waals surface area contributed by atoms with Gasteiger partial charge < -0.3 is 10.1 Å². The van der Waals surface area contributed by atoms with Crippen molar-refractivity contribution in [2.75, 3.05) is 22.8 Å². The van der Waals surface area contributed by atoms with Gasteiger partial charge in [0.15, 0.2) is 4.75 Å². The number of halogens is 1. The molecular weight excluding hydrogens is 400 g/mol. The summed E-state index contributed by atoms with van der Waals surface area (Å²) in [6.07, 6.45) is 1.82. The predicted octanol–water partition coefficient (Wildman–Crippen LogP) is 3.84. The number of sulfonamides is 1. The Hall–Kier alpha value is -2.51. The highest BCUT2D eigenvalue weighted by molar-refractivity contribution is 7.95. The van der Waals surface area contributed by atoms with E-state index < -0.39 is 20.7 Å². The molecule has 1 fully saturated rings. The third-order valence-electron chi connectivity index (χ3n) is 4.73. The molecule has 2 aromatic carbocycles. The Bertz CT molecular complexity index is 974. The molecule has 0 saturated carbocycles. The van der Waals surface area contributed by atoms with Gasteiger partial charge in [-0.05, 0) is 61.9 Å². The number of carbonyl (C=O) groups is 1. The maximum Gasteiger partial charge on any atom is 0.249 e. The smallest absolute Gasteiger partial charge is 0.249 e. The van der Waals surface area contributed by atoms with E-state index in [9.17, 15) is 13.2 Å². The molecule has 0 bridgehead atoms. The molecule has 3 rings (SSSR count). The molecule has 8 heteroatoms. The second-order valence-corrected chi connectivity index (χ2v) is 9.34. The summed E-state index contributed by atoms with van der Waals surface area (Å²) in [6, 6.07) is 13.2. The molecule has 1 amide bonds. The Morgan fingerprint density at radius 3 is 2.50 bits per heavy atom. The normalized spacial score (nSPS) is 20.6. The van der Waals surface area contributed by atoms with Crippen LogP contribution < -0.4 is 14.4 Å². The third kappa shape index (κ3) is 3.72. The molecule has 0 radical (unpaired) electrons. The lowest BCUT2D eigenvalue weighted by molar-refractivity contribution is -0.118. The lowest BCUT2D eigenvalue weighted by atomic mass is 10.1. The van der Waals surface area contributed by atoms with Crippen LogP contribution in [0, 0.1) is 0 Å². The van der Waals surface area contributed by atoms with Crippen LogP contribution in [-0.4, -0.2) is 32.2 Å².